The van der Waals surface area contributed by atoms with E-state index < -0.39 is 0 Å². The van der Waals surface area contributed by atoms with Crippen molar-refractivity contribution in [2.45, 2.75) is 272 Å². The van der Waals surface area contributed by atoms with Crippen molar-refractivity contribution >= 4 is 17.9 Å². The molecule has 62 heavy (non-hydrogen) atoms. The van der Waals surface area contributed by atoms with Crippen molar-refractivity contribution in [1.82, 2.24) is 9.96 Å². The Morgan fingerprint density at radius 1 is 0.371 bits per heavy atom. The van der Waals surface area contributed by atoms with Gasteiger partial charge in [0.25, 0.3) is 0 Å². The summed E-state index contributed by atoms with van der Waals surface area (Å²) in [6, 6.07) is 0. The Morgan fingerprint density at radius 3 is 1.03 bits per heavy atom. The van der Waals surface area contributed by atoms with E-state index in [9.17, 15) is 14.4 Å². The van der Waals surface area contributed by atoms with Crippen molar-refractivity contribution in [3.8, 4) is 0 Å². The first-order valence-electron chi connectivity index (χ1n) is 27.2. The molecule has 0 saturated carbocycles. The summed E-state index contributed by atoms with van der Waals surface area (Å²) in [5.74, 6) is 0.113. The molecule has 0 radical (unpaired) electrons. The highest BCUT2D eigenvalue weighted by molar-refractivity contribution is 5.72. The van der Waals surface area contributed by atoms with E-state index >= 15 is 0 Å². The van der Waals surface area contributed by atoms with Crippen LogP contribution in [0.5, 0.6) is 0 Å². The first-order valence-corrected chi connectivity index (χ1v) is 27.2. The Kier molecular flexibility index (Phi) is 46.0. The van der Waals surface area contributed by atoms with E-state index in [1.165, 1.54) is 103 Å². The first kappa shape index (κ1) is 60.3. The molecule has 8 nitrogen and oxygen atoms in total. The van der Waals surface area contributed by atoms with Gasteiger partial charge < -0.3 is 19.2 Å². The summed E-state index contributed by atoms with van der Waals surface area (Å²) in [5.41, 5.74) is 0. The van der Waals surface area contributed by atoms with Crippen LogP contribution in [-0.4, -0.2) is 74.8 Å². The Hall–Kier alpha value is -1.67. The maximum atomic E-state index is 13.0. The zero-order valence-corrected chi connectivity index (χ0v) is 42.4. The fraction of sp³-hybridized carbons (Fsp3) is 0.944. The van der Waals surface area contributed by atoms with Gasteiger partial charge in [-0.05, 0) is 78.4 Å². The van der Waals surface area contributed by atoms with E-state index in [0.29, 0.717) is 19.6 Å². The average Bonchev–Trinajstić information content (AvgIpc) is 3.25. The molecule has 2 atom stereocenters. The van der Waals surface area contributed by atoms with Crippen molar-refractivity contribution in [1.29, 1.82) is 0 Å². The molecule has 0 aliphatic heterocycles. The van der Waals surface area contributed by atoms with Gasteiger partial charge >= 0.3 is 17.9 Å². The Bertz CT molecular complexity index is 915. The molecular formula is C54H106N2O6. The van der Waals surface area contributed by atoms with Crippen LogP contribution >= 0.6 is 0 Å². The summed E-state index contributed by atoms with van der Waals surface area (Å²) in [6.07, 6.45) is 42.8. The highest BCUT2D eigenvalue weighted by atomic mass is 16.7. The SMILES string of the molecule is CCCCCCCCC(CCCCCC)C(=O)OCCCCCCCCN(CCCCCCCCOC(=O)C(CCCCCC)CCCCCCCC)OC(=O)CCCN(C)C. The van der Waals surface area contributed by atoms with E-state index in [2.05, 4.69) is 32.6 Å². The first-order chi connectivity index (χ1) is 30.3. The number of unbranched alkanes of at least 4 members (excludes halogenated alkanes) is 26. The van der Waals surface area contributed by atoms with Gasteiger partial charge in [-0.3, -0.25) is 14.4 Å². The quantitative estimate of drug-likeness (QED) is 0.0339. The summed E-state index contributed by atoms with van der Waals surface area (Å²) in [5, 5.41) is 1.92. The number of carbonyl (C=O) groups is 3. The van der Waals surface area contributed by atoms with Gasteiger partial charge in [0.15, 0.2) is 0 Å². The predicted octanol–water partition coefficient (Wildman–Crippen LogP) is 15.5. The maximum Gasteiger partial charge on any atom is 0.325 e. The van der Waals surface area contributed by atoms with E-state index in [4.69, 9.17) is 14.3 Å². The molecule has 0 aromatic heterocycles. The topological polar surface area (TPSA) is 85.4 Å². The summed E-state index contributed by atoms with van der Waals surface area (Å²) in [4.78, 5) is 46.6. The molecule has 0 spiro atoms. The van der Waals surface area contributed by atoms with Crippen molar-refractivity contribution < 1.29 is 28.7 Å². The number of esters is 2. The minimum Gasteiger partial charge on any atom is -0.465 e. The zero-order chi connectivity index (χ0) is 45.6. The van der Waals surface area contributed by atoms with Gasteiger partial charge in [0, 0.05) is 19.5 Å². The van der Waals surface area contributed by atoms with E-state index in [1.54, 1.807) is 0 Å². The average molecular weight is 879 g/mol. The third-order valence-electron chi connectivity index (χ3n) is 12.6. The molecule has 0 saturated heterocycles. The minimum atomic E-state index is -0.124. The molecule has 0 aromatic carbocycles. The lowest BCUT2D eigenvalue weighted by molar-refractivity contribution is -0.191. The molecule has 0 fully saturated rings. The van der Waals surface area contributed by atoms with Gasteiger partial charge in [0.1, 0.15) is 0 Å². The molecule has 2 unspecified atom stereocenters. The van der Waals surface area contributed by atoms with E-state index in [-0.39, 0.29) is 29.7 Å². The van der Waals surface area contributed by atoms with Crippen LogP contribution in [-0.2, 0) is 28.7 Å². The smallest absolute Gasteiger partial charge is 0.325 e. The number of nitrogens with zero attached hydrogens (tertiary/aromatic N) is 2. The second-order valence-electron chi connectivity index (χ2n) is 19.1. The van der Waals surface area contributed by atoms with Gasteiger partial charge in [0.2, 0.25) is 0 Å². The molecule has 0 aromatic rings. The van der Waals surface area contributed by atoms with Crippen LogP contribution in [0.4, 0.5) is 0 Å². The lowest BCUT2D eigenvalue weighted by atomic mass is 9.94. The molecule has 368 valence electrons. The molecule has 0 aliphatic rings. The Morgan fingerprint density at radius 2 is 0.677 bits per heavy atom. The van der Waals surface area contributed by atoms with Gasteiger partial charge in [0.05, 0.1) is 25.0 Å². The standard InChI is InChI=1S/C54H106N2O6/c1-7-11-15-19-25-33-42-50(40-31-17-13-9-3)53(58)60-48-37-29-23-21-27-35-46-56(62-52(57)44-39-45-55(5)6)47-36-28-22-24-30-38-49-61-54(59)51(41-32-18-14-10-4)43-34-26-20-16-12-8-2/h50-51H,7-49H2,1-6H3. The fourth-order valence-corrected chi connectivity index (χ4v) is 8.45. The largest absolute Gasteiger partial charge is 0.465 e. The normalized spacial score (nSPS) is 12.6. The Balaban J connectivity index is 4.48. The van der Waals surface area contributed by atoms with Crippen LogP contribution in [0, 0.1) is 11.8 Å². The van der Waals surface area contributed by atoms with Crippen LogP contribution in [0.1, 0.15) is 272 Å². The number of rotatable bonds is 49. The van der Waals surface area contributed by atoms with Crippen molar-refractivity contribution in [3.05, 3.63) is 0 Å². The van der Waals surface area contributed by atoms with Crippen LogP contribution in [0.3, 0.4) is 0 Å². The van der Waals surface area contributed by atoms with E-state index in [1.807, 2.05) is 19.2 Å². The summed E-state index contributed by atoms with van der Waals surface area (Å²) in [7, 11) is 4.06. The van der Waals surface area contributed by atoms with Gasteiger partial charge in [-0.25, -0.2) is 0 Å². The van der Waals surface area contributed by atoms with Gasteiger partial charge in [-0.15, -0.1) is 5.06 Å². The summed E-state index contributed by atoms with van der Waals surface area (Å²) in [6.45, 7) is 12.5. The predicted molar refractivity (Wildman–Crippen MR) is 263 cm³/mol. The molecule has 0 bridgehead atoms. The molecule has 0 amide bonds. The molecular weight excluding hydrogens is 773 g/mol. The van der Waals surface area contributed by atoms with Gasteiger partial charge in [-0.1, -0.05) is 207 Å². The third kappa shape index (κ3) is 41.1. The summed E-state index contributed by atoms with van der Waals surface area (Å²) >= 11 is 0. The maximum absolute atomic E-state index is 13.0. The fourth-order valence-electron chi connectivity index (χ4n) is 8.45. The number of hydrogen-bond acceptors (Lipinski definition) is 8. The highest BCUT2D eigenvalue weighted by Gasteiger charge is 2.20. The zero-order valence-electron chi connectivity index (χ0n) is 42.4. The third-order valence-corrected chi connectivity index (χ3v) is 12.6. The van der Waals surface area contributed by atoms with Gasteiger partial charge in [-0.2, -0.15) is 0 Å². The Labute approximate surface area is 385 Å². The molecule has 0 aliphatic carbocycles. The summed E-state index contributed by atoms with van der Waals surface area (Å²) < 4.78 is 11.6. The van der Waals surface area contributed by atoms with E-state index in [0.717, 1.165) is 154 Å². The molecule has 0 rings (SSSR count). The second-order valence-corrected chi connectivity index (χ2v) is 19.1. The lowest BCUT2D eigenvalue weighted by Gasteiger charge is -2.21. The van der Waals surface area contributed by atoms with Crippen LogP contribution in [0.25, 0.3) is 0 Å². The number of hydrogen-bond donors (Lipinski definition) is 0. The van der Waals surface area contributed by atoms with Crippen LogP contribution in [0.15, 0.2) is 0 Å². The molecule has 0 heterocycles. The van der Waals surface area contributed by atoms with Crippen molar-refractivity contribution in [2.24, 2.45) is 11.8 Å². The van der Waals surface area contributed by atoms with Crippen molar-refractivity contribution in [3.63, 3.8) is 0 Å². The second kappa shape index (κ2) is 47.3. The van der Waals surface area contributed by atoms with Crippen molar-refractivity contribution in [2.75, 3.05) is 46.9 Å². The van der Waals surface area contributed by atoms with Crippen LogP contribution in [0.2, 0.25) is 0 Å². The number of hydroxylamine groups is 2. The number of carbonyl (C=O) groups excluding carboxylic acids is 3. The number of ether oxygens (including phenoxy) is 2. The molecule has 0 N–H and O–H groups in total. The minimum absolute atomic E-state index is 0.0413. The molecule has 8 heteroatoms. The lowest BCUT2D eigenvalue weighted by Crippen LogP contribution is -2.30. The highest BCUT2D eigenvalue weighted by Crippen LogP contribution is 2.22. The van der Waals surface area contributed by atoms with Crippen LogP contribution < -0.4 is 0 Å². The monoisotopic (exact) mass is 879 g/mol.